The lowest BCUT2D eigenvalue weighted by molar-refractivity contribution is 0.102. The predicted molar refractivity (Wildman–Crippen MR) is 120 cm³/mol. The van der Waals surface area contributed by atoms with Crippen LogP contribution in [-0.4, -0.2) is 45.0 Å². The fourth-order valence-corrected chi connectivity index (χ4v) is 2.85. The number of aryl methyl sites for hydroxylation is 1. The van der Waals surface area contributed by atoms with Gasteiger partial charge in [-0.15, -0.1) is 5.10 Å². The smallest absolute Gasteiger partial charge is 0.277 e. The third-order valence-electron chi connectivity index (χ3n) is 4.41. The summed E-state index contributed by atoms with van der Waals surface area (Å²) in [5.74, 6) is 1.00. The summed E-state index contributed by atoms with van der Waals surface area (Å²) in [6, 6.07) is 18.6. The number of carbonyl (C=O) groups is 1. The highest BCUT2D eigenvalue weighted by Crippen LogP contribution is 2.19. The van der Waals surface area contributed by atoms with Gasteiger partial charge in [-0.3, -0.25) is 4.79 Å². The molecule has 2 N–H and O–H groups in total. The Morgan fingerprint density at radius 1 is 0.968 bits per heavy atom. The first kappa shape index (κ1) is 20.0. The van der Waals surface area contributed by atoms with Gasteiger partial charge in [0.25, 0.3) is 5.91 Å². The number of hydrogen-bond acceptors (Lipinski definition) is 7. The van der Waals surface area contributed by atoms with E-state index in [2.05, 4.69) is 30.8 Å². The summed E-state index contributed by atoms with van der Waals surface area (Å²) in [7, 11) is 3.86. The van der Waals surface area contributed by atoms with Crippen LogP contribution in [0.4, 0.5) is 23.1 Å². The molecule has 0 unspecified atom stereocenters. The van der Waals surface area contributed by atoms with Crippen molar-refractivity contribution in [1.29, 1.82) is 0 Å². The quantitative estimate of drug-likeness (QED) is 0.498. The highest BCUT2D eigenvalue weighted by Gasteiger charge is 2.12. The van der Waals surface area contributed by atoms with Crippen LogP contribution in [0, 0.1) is 6.92 Å². The minimum absolute atomic E-state index is 0.232. The largest absolute Gasteiger partial charge is 0.363 e. The van der Waals surface area contributed by atoms with Crippen LogP contribution in [-0.2, 0) is 0 Å². The molecule has 0 aliphatic rings. The number of carbonyl (C=O) groups excluding carboxylic acids is 1. The monoisotopic (exact) mass is 414 g/mol. The fourth-order valence-electron chi connectivity index (χ4n) is 2.85. The van der Waals surface area contributed by atoms with E-state index in [1.807, 2.05) is 74.4 Å². The Kier molecular flexibility index (Phi) is 5.57. The molecule has 0 fully saturated rings. The third-order valence-corrected chi connectivity index (χ3v) is 4.41. The standard InChI is InChI=1S/C22H22N8O/c1-15-13-20(29(2)3)27-22(24-15)26-17-11-9-16(10-12-17)25-21(31)19-14-23-30(28-19)18-7-5-4-6-8-18/h4-14H,1-3H3,(H,25,31)(H,24,26,27). The molecule has 9 heteroatoms. The van der Waals surface area contributed by atoms with E-state index in [0.29, 0.717) is 11.6 Å². The van der Waals surface area contributed by atoms with Crippen molar-refractivity contribution in [3.8, 4) is 5.69 Å². The molecular weight excluding hydrogens is 392 g/mol. The van der Waals surface area contributed by atoms with Crippen molar-refractivity contribution in [2.75, 3.05) is 29.6 Å². The van der Waals surface area contributed by atoms with Gasteiger partial charge < -0.3 is 15.5 Å². The Bertz CT molecular complexity index is 1190. The Morgan fingerprint density at radius 3 is 2.39 bits per heavy atom. The molecule has 2 aromatic carbocycles. The maximum atomic E-state index is 12.5. The molecule has 0 saturated carbocycles. The average Bonchev–Trinajstić information content (AvgIpc) is 3.26. The summed E-state index contributed by atoms with van der Waals surface area (Å²) in [5, 5.41) is 14.4. The van der Waals surface area contributed by atoms with Gasteiger partial charge in [-0.2, -0.15) is 14.9 Å². The van der Waals surface area contributed by atoms with Gasteiger partial charge in [0.15, 0.2) is 5.69 Å². The van der Waals surface area contributed by atoms with E-state index < -0.39 is 0 Å². The summed E-state index contributed by atoms with van der Waals surface area (Å²) >= 11 is 0. The lowest BCUT2D eigenvalue weighted by Gasteiger charge is -2.14. The topological polar surface area (TPSA) is 101 Å². The number of hydrogen-bond donors (Lipinski definition) is 2. The molecule has 2 heterocycles. The molecule has 0 bridgehead atoms. The van der Waals surface area contributed by atoms with Gasteiger partial charge >= 0.3 is 0 Å². The molecule has 9 nitrogen and oxygen atoms in total. The molecule has 4 aromatic rings. The van der Waals surface area contributed by atoms with Crippen molar-refractivity contribution in [2.45, 2.75) is 6.92 Å². The summed E-state index contributed by atoms with van der Waals surface area (Å²) in [4.78, 5) is 24.7. The number of para-hydroxylation sites is 1. The molecule has 1 amide bonds. The Labute approximate surface area is 179 Å². The van der Waals surface area contributed by atoms with Crippen LogP contribution < -0.4 is 15.5 Å². The lowest BCUT2D eigenvalue weighted by atomic mass is 10.2. The average molecular weight is 414 g/mol. The lowest BCUT2D eigenvalue weighted by Crippen LogP contribution is -2.13. The minimum atomic E-state index is -0.333. The number of benzene rings is 2. The van der Waals surface area contributed by atoms with Gasteiger partial charge in [0.1, 0.15) is 5.82 Å². The maximum Gasteiger partial charge on any atom is 0.277 e. The normalized spacial score (nSPS) is 10.5. The van der Waals surface area contributed by atoms with Crippen LogP contribution in [0.1, 0.15) is 16.2 Å². The third kappa shape index (κ3) is 4.84. The van der Waals surface area contributed by atoms with Crippen LogP contribution in [0.3, 0.4) is 0 Å². The van der Waals surface area contributed by atoms with Gasteiger partial charge in [-0.05, 0) is 43.3 Å². The van der Waals surface area contributed by atoms with Gasteiger partial charge in [0.05, 0.1) is 11.9 Å². The van der Waals surface area contributed by atoms with Crippen LogP contribution in [0.2, 0.25) is 0 Å². The highest BCUT2D eigenvalue weighted by molar-refractivity contribution is 6.02. The van der Waals surface area contributed by atoms with Gasteiger partial charge in [-0.1, -0.05) is 18.2 Å². The maximum absolute atomic E-state index is 12.5. The molecule has 0 aliphatic carbocycles. The summed E-state index contributed by atoms with van der Waals surface area (Å²) in [6.07, 6.45) is 1.44. The molecule has 4 rings (SSSR count). The van der Waals surface area contributed by atoms with Crippen LogP contribution in [0.5, 0.6) is 0 Å². The second-order valence-corrected chi connectivity index (χ2v) is 7.10. The number of nitrogens with one attached hydrogen (secondary N) is 2. The van der Waals surface area contributed by atoms with E-state index in [1.54, 1.807) is 12.1 Å². The SMILES string of the molecule is Cc1cc(N(C)C)nc(Nc2ccc(NC(=O)c3cnn(-c4ccccc4)n3)cc2)n1. The van der Waals surface area contributed by atoms with E-state index in [-0.39, 0.29) is 11.6 Å². The van der Waals surface area contributed by atoms with Crippen molar-refractivity contribution in [3.05, 3.63) is 78.2 Å². The highest BCUT2D eigenvalue weighted by atomic mass is 16.2. The summed E-state index contributed by atoms with van der Waals surface area (Å²) < 4.78 is 0. The fraction of sp³-hybridized carbons (Fsp3) is 0.136. The number of amides is 1. The number of aromatic nitrogens is 5. The first-order valence-electron chi connectivity index (χ1n) is 9.67. The van der Waals surface area contributed by atoms with E-state index in [9.17, 15) is 4.79 Å². The Hall–Kier alpha value is -4.27. The van der Waals surface area contributed by atoms with E-state index in [1.165, 1.54) is 11.0 Å². The first-order chi connectivity index (χ1) is 15.0. The molecule has 31 heavy (non-hydrogen) atoms. The first-order valence-corrected chi connectivity index (χ1v) is 9.67. The summed E-state index contributed by atoms with van der Waals surface area (Å²) in [5.41, 5.74) is 3.34. The predicted octanol–water partition coefficient (Wildman–Crippen LogP) is 3.43. The minimum Gasteiger partial charge on any atom is -0.363 e. The number of anilines is 4. The van der Waals surface area contributed by atoms with Crippen molar-refractivity contribution < 1.29 is 4.79 Å². The van der Waals surface area contributed by atoms with Crippen molar-refractivity contribution in [1.82, 2.24) is 25.0 Å². The molecule has 0 saturated heterocycles. The van der Waals surface area contributed by atoms with E-state index >= 15 is 0 Å². The van der Waals surface area contributed by atoms with Gasteiger partial charge in [0.2, 0.25) is 5.95 Å². The molecule has 156 valence electrons. The summed E-state index contributed by atoms with van der Waals surface area (Å²) in [6.45, 7) is 1.92. The van der Waals surface area contributed by atoms with E-state index in [4.69, 9.17) is 0 Å². The Balaban J connectivity index is 1.42. The second kappa shape index (κ2) is 8.62. The van der Waals surface area contributed by atoms with Crippen molar-refractivity contribution >= 4 is 29.0 Å². The molecule has 2 aromatic heterocycles. The molecule has 0 aliphatic heterocycles. The van der Waals surface area contributed by atoms with Crippen LogP contribution in [0.25, 0.3) is 5.69 Å². The number of rotatable bonds is 6. The van der Waals surface area contributed by atoms with Crippen molar-refractivity contribution in [3.63, 3.8) is 0 Å². The zero-order valence-electron chi connectivity index (χ0n) is 17.4. The van der Waals surface area contributed by atoms with Crippen LogP contribution >= 0.6 is 0 Å². The molecule has 0 atom stereocenters. The zero-order valence-corrected chi connectivity index (χ0v) is 17.4. The molecule has 0 radical (unpaired) electrons. The molecule has 0 spiro atoms. The zero-order chi connectivity index (χ0) is 21.8. The van der Waals surface area contributed by atoms with E-state index in [0.717, 1.165) is 22.9 Å². The van der Waals surface area contributed by atoms with Gasteiger partial charge in [-0.25, -0.2) is 4.98 Å². The number of nitrogens with zero attached hydrogens (tertiary/aromatic N) is 6. The Morgan fingerprint density at radius 2 is 1.68 bits per heavy atom. The molecular formula is C22H22N8O. The van der Waals surface area contributed by atoms with Gasteiger partial charge in [0, 0.05) is 37.2 Å². The second-order valence-electron chi connectivity index (χ2n) is 7.10. The van der Waals surface area contributed by atoms with Crippen LogP contribution in [0.15, 0.2) is 66.9 Å². The van der Waals surface area contributed by atoms with Crippen molar-refractivity contribution in [2.24, 2.45) is 0 Å².